The predicted octanol–water partition coefficient (Wildman–Crippen LogP) is 3.49. The third kappa shape index (κ3) is 4.54. The Hall–Kier alpha value is -2.38. The van der Waals surface area contributed by atoms with Gasteiger partial charge in [-0.1, -0.05) is 6.07 Å². The quantitative estimate of drug-likeness (QED) is 0.688. The van der Waals surface area contributed by atoms with Gasteiger partial charge in [0.25, 0.3) is 0 Å². The zero-order valence-electron chi connectivity index (χ0n) is 16.0. The molecule has 1 aliphatic carbocycles. The summed E-state index contributed by atoms with van der Waals surface area (Å²) >= 11 is 0. The molecule has 1 amide bonds. The highest BCUT2D eigenvalue weighted by molar-refractivity contribution is 5.84. The molecule has 154 valence electrons. The molecule has 2 aliphatic rings. The lowest BCUT2D eigenvalue weighted by Crippen LogP contribution is -2.39. The Morgan fingerprint density at radius 3 is 2.50 bits per heavy atom. The third-order valence-electron chi connectivity index (χ3n) is 5.43. The summed E-state index contributed by atoms with van der Waals surface area (Å²) in [5.74, 6) is -0.521. The highest BCUT2D eigenvalue weighted by Crippen LogP contribution is 2.39. The van der Waals surface area contributed by atoms with Crippen molar-refractivity contribution in [3.05, 3.63) is 23.8 Å². The smallest absolute Gasteiger partial charge is 0.387 e. The highest BCUT2D eigenvalue weighted by Gasteiger charge is 2.39. The number of ether oxygens (including phenoxy) is 3. The Bertz CT molecular complexity index is 721. The van der Waals surface area contributed by atoms with E-state index in [4.69, 9.17) is 9.47 Å². The zero-order valence-corrected chi connectivity index (χ0v) is 16.0. The normalized spacial score (nSPS) is 22.5. The van der Waals surface area contributed by atoms with Gasteiger partial charge in [-0.2, -0.15) is 8.78 Å². The van der Waals surface area contributed by atoms with Crippen LogP contribution in [0.3, 0.4) is 0 Å². The lowest BCUT2D eigenvalue weighted by atomic mass is 9.96. The summed E-state index contributed by atoms with van der Waals surface area (Å²) in [6.07, 6.45) is 4.24. The molecule has 8 heteroatoms. The number of hydrogen-bond acceptors (Lipinski definition) is 5. The van der Waals surface area contributed by atoms with Gasteiger partial charge in [0.15, 0.2) is 11.5 Å². The number of hydrogen-bond donors (Lipinski definition) is 0. The van der Waals surface area contributed by atoms with Crippen molar-refractivity contribution in [2.24, 2.45) is 0 Å². The number of carbonyl (C=O) groups is 2. The number of esters is 1. The molecule has 2 atom stereocenters. The molecule has 1 heterocycles. The topological polar surface area (TPSA) is 65.1 Å². The van der Waals surface area contributed by atoms with E-state index < -0.39 is 18.6 Å². The molecular weight excluding hydrogens is 372 g/mol. The molecule has 0 bridgehead atoms. The molecule has 28 heavy (non-hydrogen) atoms. The van der Waals surface area contributed by atoms with E-state index >= 15 is 0 Å². The fourth-order valence-electron chi connectivity index (χ4n) is 4.03. The maximum Gasteiger partial charge on any atom is 0.387 e. The molecule has 0 radical (unpaired) electrons. The number of benzene rings is 1. The van der Waals surface area contributed by atoms with Crippen molar-refractivity contribution in [3.8, 4) is 11.5 Å². The van der Waals surface area contributed by atoms with Crippen LogP contribution in [0.2, 0.25) is 0 Å². The van der Waals surface area contributed by atoms with Gasteiger partial charge < -0.3 is 19.1 Å². The van der Waals surface area contributed by atoms with Crippen LogP contribution in [0.5, 0.6) is 11.5 Å². The lowest BCUT2D eigenvalue weighted by molar-refractivity contribution is -0.150. The van der Waals surface area contributed by atoms with E-state index in [2.05, 4.69) is 4.74 Å². The fraction of sp³-hybridized carbons (Fsp3) is 0.600. The van der Waals surface area contributed by atoms with Crippen molar-refractivity contribution in [2.45, 2.75) is 63.7 Å². The van der Waals surface area contributed by atoms with E-state index in [0.717, 1.165) is 31.2 Å². The van der Waals surface area contributed by atoms with E-state index in [0.29, 0.717) is 13.0 Å². The molecule has 0 N–H and O–H groups in total. The van der Waals surface area contributed by atoms with Crippen molar-refractivity contribution >= 4 is 11.9 Å². The largest absolute Gasteiger partial charge is 0.487 e. The molecule has 2 unspecified atom stereocenters. The summed E-state index contributed by atoms with van der Waals surface area (Å²) in [6.45, 7) is -1.18. The monoisotopic (exact) mass is 397 g/mol. The number of rotatable bonds is 6. The number of carbonyl (C=O) groups excluding carboxylic acids is 2. The van der Waals surface area contributed by atoms with E-state index in [1.807, 2.05) is 0 Å². The van der Waals surface area contributed by atoms with Gasteiger partial charge in [-0.3, -0.25) is 4.79 Å². The first-order valence-corrected chi connectivity index (χ1v) is 9.49. The van der Waals surface area contributed by atoms with Crippen molar-refractivity contribution in [1.82, 2.24) is 4.90 Å². The van der Waals surface area contributed by atoms with Gasteiger partial charge in [-0.15, -0.1) is 0 Å². The molecule has 3 rings (SSSR count). The molecule has 1 aliphatic heterocycles. The Kier molecular flexibility index (Phi) is 6.36. The summed E-state index contributed by atoms with van der Waals surface area (Å²) < 4.78 is 40.9. The highest BCUT2D eigenvalue weighted by atomic mass is 19.3. The van der Waals surface area contributed by atoms with Crippen LogP contribution < -0.4 is 9.47 Å². The number of alkyl halides is 2. The summed E-state index contributed by atoms with van der Waals surface area (Å²) in [6, 6.07) is 4.19. The maximum absolute atomic E-state index is 12.8. The van der Waals surface area contributed by atoms with Gasteiger partial charge in [0.1, 0.15) is 6.04 Å². The minimum Gasteiger partial charge on any atom is -0.487 e. The molecule has 1 saturated heterocycles. The number of likely N-dealkylation sites (tertiary alicyclic amines) is 1. The molecule has 1 aromatic rings. The predicted molar refractivity (Wildman–Crippen MR) is 96.5 cm³/mol. The molecule has 2 fully saturated rings. The Morgan fingerprint density at radius 1 is 1.18 bits per heavy atom. The standard InChI is InChI=1S/C20H25F2NO5/c1-12(24)23-11-14(9-16(23)19(25)26-2)13-7-8-17(28-20(21)22)18(10-13)27-15-5-3-4-6-15/h7-8,10,14-16,20H,3-6,9,11H2,1-2H3. The van der Waals surface area contributed by atoms with Crippen LogP contribution in [-0.2, 0) is 14.3 Å². The van der Waals surface area contributed by atoms with Crippen LogP contribution in [-0.4, -0.2) is 49.2 Å². The molecule has 0 spiro atoms. The van der Waals surface area contributed by atoms with Gasteiger partial charge in [0.05, 0.1) is 13.2 Å². The summed E-state index contributed by atoms with van der Waals surface area (Å²) in [7, 11) is 1.29. The van der Waals surface area contributed by atoms with E-state index in [1.54, 1.807) is 12.1 Å². The van der Waals surface area contributed by atoms with Crippen molar-refractivity contribution in [1.29, 1.82) is 0 Å². The average molecular weight is 397 g/mol. The first-order chi connectivity index (χ1) is 13.4. The zero-order chi connectivity index (χ0) is 20.3. The molecule has 0 aromatic heterocycles. The Labute approximate surface area is 162 Å². The third-order valence-corrected chi connectivity index (χ3v) is 5.43. The molecule has 6 nitrogen and oxygen atoms in total. The summed E-state index contributed by atoms with van der Waals surface area (Å²) in [5.41, 5.74) is 0.812. The minimum absolute atomic E-state index is 0.00316. The van der Waals surface area contributed by atoms with E-state index in [9.17, 15) is 18.4 Å². The van der Waals surface area contributed by atoms with Gasteiger partial charge in [-0.25, -0.2) is 4.79 Å². The van der Waals surface area contributed by atoms with E-state index in [-0.39, 0.29) is 29.4 Å². The van der Waals surface area contributed by atoms with Gasteiger partial charge in [0, 0.05) is 19.4 Å². The van der Waals surface area contributed by atoms with Gasteiger partial charge in [0.2, 0.25) is 5.91 Å². The van der Waals surface area contributed by atoms with Gasteiger partial charge >= 0.3 is 12.6 Å². The molecule has 1 aromatic carbocycles. The number of methoxy groups -OCH3 is 1. The van der Waals surface area contributed by atoms with Crippen LogP contribution in [0, 0.1) is 0 Å². The second-order valence-electron chi connectivity index (χ2n) is 7.25. The van der Waals surface area contributed by atoms with E-state index in [1.165, 1.54) is 25.0 Å². The molecule has 1 saturated carbocycles. The SMILES string of the molecule is COC(=O)C1CC(c2ccc(OC(F)F)c(OC3CCCC3)c2)CN1C(C)=O. The second-order valence-corrected chi connectivity index (χ2v) is 7.25. The lowest BCUT2D eigenvalue weighted by Gasteiger charge is -2.20. The second kappa shape index (κ2) is 8.75. The van der Waals surface area contributed by atoms with Gasteiger partial charge in [-0.05, 0) is 49.8 Å². The Balaban J connectivity index is 1.84. The molecular formula is C20H25F2NO5. The first kappa shape index (κ1) is 20.4. The maximum atomic E-state index is 12.8. The van der Waals surface area contributed by atoms with Crippen LogP contribution in [0.25, 0.3) is 0 Å². The van der Waals surface area contributed by atoms with Crippen LogP contribution in [0.1, 0.15) is 50.5 Å². The minimum atomic E-state index is -2.94. The summed E-state index contributed by atoms with van der Waals surface area (Å²) in [5, 5.41) is 0. The first-order valence-electron chi connectivity index (χ1n) is 9.49. The van der Waals surface area contributed by atoms with Crippen LogP contribution in [0.15, 0.2) is 18.2 Å². The fourth-order valence-corrected chi connectivity index (χ4v) is 4.03. The number of amides is 1. The summed E-state index contributed by atoms with van der Waals surface area (Å²) in [4.78, 5) is 25.4. The van der Waals surface area contributed by atoms with Crippen molar-refractivity contribution in [2.75, 3.05) is 13.7 Å². The number of nitrogens with zero attached hydrogens (tertiary/aromatic N) is 1. The van der Waals surface area contributed by atoms with Crippen LogP contribution >= 0.6 is 0 Å². The Morgan fingerprint density at radius 2 is 1.89 bits per heavy atom. The van der Waals surface area contributed by atoms with Crippen molar-refractivity contribution in [3.63, 3.8) is 0 Å². The van der Waals surface area contributed by atoms with Crippen molar-refractivity contribution < 1.29 is 32.6 Å². The average Bonchev–Trinajstić information content (AvgIpc) is 3.32. The number of halogens is 2. The van der Waals surface area contributed by atoms with Crippen LogP contribution in [0.4, 0.5) is 8.78 Å².